The Morgan fingerprint density at radius 3 is 2.52 bits per heavy atom. The summed E-state index contributed by atoms with van der Waals surface area (Å²) in [7, 11) is -2.25. The molecule has 2 aromatic carbocycles. The molecule has 0 aliphatic rings. The van der Waals surface area contributed by atoms with Crippen molar-refractivity contribution in [2.75, 3.05) is 7.11 Å². The molecule has 23 heavy (non-hydrogen) atoms. The van der Waals surface area contributed by atoms with E-state index >= 15 is 0 Å². The molecule has 6 heteroatoms. The Kier molecular flexibility index (Phi) is 4.08. The molecule has 116 valence electrons. The molecule has 0 spiro atoms. The lowest BCUT2D eigenvalue weighted by Crippen LogP contribution is -2.00. The third-order valence-corrected chi connectivity index (χ3v) is 4.60. The van der Waals surface area contributed by atoms with Gasteiger partial charge in [0.05, 0.1) is 12.6 Å². The highest BCUT2D eigenvalue weighted by Crippen LogP contribution is 2.22. The highest BCUT2D eigenvalue weighted by atomic mass is 32.2. The van der Waals surface area contributed by atoms with Crippen LogP contribution in [0.3, 0.4) is 0 Å². The second-order valence-corrected chi connectivity index (χ2v) is 6.41. The van der Waals surface area contributed by atoms with Gasteiger partial charge < -0.3 is 4.74 Å². The summed E-state index contributed by atoms with van der Waals surface area (Å²) in [5.74, 6) is 0.697. The van der Waals surface area contributed by atoms with Crippen LogP contribution in [0, 0.1) is 0 Å². The van der Waals surface area contributed by atoms with E-state index in [1.165, 1.54) is 12.3 Å². The van der Waals surface area contributed by atoms with Gasteiger partial charge in [-0.1, -0.05) is 18.2 Å². The molecule has 1 aromatic heterocycles. The molecule has 5 nitrogen and oxygen atoms in total. The lowest BCUT2D eigenvalue weighted by atomic mass is 10.2. The molecule has 0 fully saturated rings. The molecule has 1 heterocycles. The van der Waals surface area contributed by atoms with Crippen LogP contribution in [-0.4, -0.2) is 26.7 Å². The number of benzene rings is 2. The molecule has 0 amide bonds. The molecular formula is C17H14N2O3S. The Morgan fingerprint density at radius 1 is 1.04 bits per heavy atom. The van der Waals surface area contributed by atoms with Gasteiger partial charge in [0.15, 0.2) is 0 Å². The highest BCUT2D eigenvalue weighted by Gasteiger charge is 2.16. The molecule has 0 saturated carbocycles. The fourth-order valence-electron chi connectivity index (χ4n) is 2.16. The van der Waals surface area contributed by atoms with Crippen molar-refractivity contribution < 1.29 is 13.2 Å². The van der Waals surface area contributed by atoms with Gasteiger partial charge in [-0.05, 0) is 42.0 Å². The van der Waals surface area contributed by atoms with Crippen LogP contribution < -0.4 is 4.74 Å². The predicted octanol–water partition coefficient (Wildman–Crippen LogP) is 3.05. The normalized spacial score (nSPS) is 11.9. The van der Waals surface area contributed by atoms with Crippen LogP contribution in [0.5, 0.6) is 5.75 Å². The minimum atomic E-state index is -3.83. The summed E-state index contributed by atoms with van der Waals surface area (Å²) in [6.07, 6.45) is 2.88. The fourth-order valence-corrected chi connectivity index (χ4v) is 3.20. The summed E-state index contributed by atoms with van der Waals surface area (Å²) < 4.78 is 33.8. The van der Waals surface area contributed by atoms with Crippen LogP contribution in [0.15, 0.2) is 70.1 Å². The summed E-state index contributed by atoms with van der Waals surface area (Å²) >= 11 is 0. The Hall–Kier alpha value is -2.73. The maximum atomic E-state index is 12.5. The van der Waals surface area contributed by atoms with E-state index in [4.69, 9.17) is 4.74 Å². The average molecular weight is 326 g/mol. The second kappa shape index (κ2) is 6.18. The molecule has 3 rings (SSSR count). The van der Waals surface area contributed by atoms with Gasteiger partial charge >= 0.3 is 0 Å². The van der Waals surface area contributed by atoms with E-state index in [9.17, 15) is 8.42 Å². The standard InChI is InChI=1S/C17H14N2O3S/c1-22-15-9-7-13(8-10-15)12-19-23(20,21)16-6-2-4-14-5-3-11-18-17(14)16/h2-12H,1H3/b19-12+. The Bertz CT molecular complexity index is 959. The number of pyridine rings is 1. The van der Waals surface area contributed by atoms with Crippen molar-refractivity contribution >= 4 is 27.1 Å². The molecule has 3 aromatic rings. The molecule has 0 N–H and O–H groups in total. The van der Waals surface area contributed by atoms with Crippen LogP contribution in [0.4, 0.5) is 0 Å². The molecule has 0 radical (unpaired) electrons. The highest BCUT2D eigenvalue weighted by molar-refractivity contribution is 7.90. The third-order valence-electron chi connectivity index (χ3n) is 3.33. The molecule has 0 bridgehead atoms. The van der Waals surface area contributed by atoms with Crippen LogP contribution >= 0.6 is 0 Å². The number of sulfonamides is 1. The van der Waals surface area contributed by atoms with E-state index < -0.39 is 10.0 Å². The molecular weight excluding hydrogens is 312 g/mol. The number of nitrogens with zero attached hydrogens (tertiary/aromatic N) is 2. The first kappa shape index (κ1) is 15.2. The summed E-state index contributed by atoms with van der Waals surface area (Å²) in [6, 6.07) is 15.5. The van der Waals surface area contributed by atoms with E-state index in [2.05, 4.69) is 9.38 Å². The van der Waals surface area contributed by atoms with Crippen LogP contribution in [0.1, 0.15) is 5.56 Å². The van der Waals surface area contributed by atoms with E-state index in [1.54, 1.807) is 49.7 Å². The first-order valence-corrected chi connectivity index (χ1v) is 8.32. The van der Waals surface area contributed by atoms with Crippen molar-refractivity contribution in [1.29, 1.82) is 0 Å². The Labute approximate surface area is 134 Å². The van der Waals surface area contributed by atoms with Crippen LogP contribution in [-0.2, 0) is 10.0 Å². The van der Waals surface area contributed by atoms with Crippen molar-refractivity contribution in [2.45, 2.75) is 4.90 Å². The number of hydrogen-bond donors (Lipinski definition) is 0. The summed E-state index contributed by atoms with van der Waals surface area (Å²) in [5, 5.41) is 0.758. The van der Waals surface area contributed by atoms with Gasteiger partial charge in [0.25, 0.3) is 10.0 Å². The van der Waals surface area contributed by atoms with Gasteiger partial charge in [-0.15, -0.1) is 0 Å². The maximum Gasteiger partial charge on any atom is 0.284 e. The van der Waals surface area contributed by atoms with Crippen molar-refractivity contribution in [2.24, 2.45) is 4.40 Å². The van der Waals surface area contributed by atoms with Gasteiger partial charge in [-0.2, -0.15) is 12.8 Å². The van der Waals surface area contributed by atoms with Gasteiger partial charge in [-0.25, -0.2) is 0 Å². The SMILES string of the molecule is COc1ccc(/C=N/S(=O)(=O)c2cccc3cccnc23)cc1. The van der Waals surface area contributed by atoms with Gasteiger partial charge in [0.2, 0.25) is 0 Å². The Morgan fingerprint density at radius 2 is 1.78 bits per heavy atom. The number of para-hydroxylation sites is 1. The Balaban J connectivity index is 1.98. The van der Waals surface area contributed by atoms with E-state index in [1.807, 2.05) is 12.1 Å². The first-order valence-electron chi connectivity index (χ1n) is 6.88. The van der Waals surface area contributed by atoms with E-state index in [0.29, 0.717) is 16.8 Å². The van der Waals surface area contributed by atoms with Crippen molar-refractivity contribution in [3.05, 3.63) is 66.4 Å². The zero-order valence-corrected chi connectivity index (χ0v) is 13.2. The van der Waals surface area contributed by atoms with Crippen molar-refractivity contribution in [3.8, 4) is 5.75 Å². The molecule has 0 aliphatic heterocycles. The zero-order chi connectivity index (χ0) is 16.3. The number of hydrogen-bond acceptors (Lipinski definition) is 4. The lowest BCUT2D eigenvalue weighted by Gasteiger charge is -2.03. The number of methoxy groups -OCH3 is 1. The van der Waals surface area contributed by atoms with Gasteiger partial charge in [0, 0.05) is 17.8 Å². The number of aromatic nitrogens is 1. The molecule has 0 atom stereocenters. The van der Waals surface area contributed by atoms with E-state index in [0.717, 1.165) is 5.39 Å². The monoisotopic (exact) mass is 326 g/mol. The minimum Gasteiger partial charge on any atom is -0.497 e. The number of fused-ring (bicyclic) bond motifs is 1. The van der Waals surface area contributed by atoms with Gasteiger partial charge in [0.1, 0.15) is 10.6 Å². The van der Waals surface area contributed by atoms with Gasteiger partial charge in [-0.3, -0.25) is 4.98 Å². The molecule has 0 unspecified atom stereocenters. The third kappa shape index (κ3) is 3.22. The number of ether oxygens (including phenoxy) is 1. The number of rotatable bonds is 4. The average Bonchev–Trinajstić information content (AvgIpc) is 2.60. The summed E-state index contributed by atoms with van der Waals surface area (Å²) in [6.45, 7) is 0. The second-order valence-electron chi connectivity index (χ2n) is 4.81. The van der Waals surface area contributed by atoms with Crippen molar-refractivity contribution in [1.82, 2.24) is 4.98 Å². The van der Waals surface area contributed by atoms with Crippen molar-refractivity contribution in [3.63, 3.8) is 0 Å². The largest absolute Gasteiger partial charge is 0.497 e. The first-order chi connectivity index (χ1) is 11.1. The molecule has 0 aliphatic carbocycles. The lowest BCUT2D eigenvalue weighted by molar-refractivity contribution is 0.415. The quantitative estimate of drug-likeness (QED) is 0.691. The predicted molar refractivity (Wildman–Crippen MR) is 89.5 cm³/mol. The molecule has 0 saturated heterocycles. The van der Waals surface area contributed by atoms with E-state index in [-0.39, 0.29) is 4.90 Å². The summed E-state index contributed by atoms with van der Waals surface area (Å²) in [4.78, 5) is 4.25. The fraction of sp³-hybridized carbons (Fsp3) is 0.0588. The topological polar surface area (TPSA) is 68.6 Å². The van der Waals surface area contributed by atoms with Crippen LogP contribution in [0.25, 0.3) is 10.9 Å². The van der Waals surface area contributed by atoms with Crippen LogP contribution in [0.2, 0.25) is 0 Å². The minimum absolute atomic E-state index is 0.0976. The summed E-state index contributed by atoms with van der Waals surface area (Å²) in [5.41, 5.74) is 1.09. The smallest absolute Gasteiger partial charge is 0.284 e. The zero-order valence-electron chi connectivity index (χ0n) is 12.4. The maximum absolute atomic E-state index is 12.5.